The summed E-state index contributed by atoms with van der Waals surface area (Å²) < 4.78 is 1.96. The third-order valence-corrected chi connectivity index (χ3v) is 4.34. The summed E-state index contributed by atoms with van der Waals surface area (Å²) in [6.07, 6.45) is 2.77. The topological polar surface area (TPSA) is 68.0 Å². The number of aryl methyl sites for hydroxylation is 2. The molecule has 0 amide bonds. The van der Waals surface area contributed by atoms with Gasteiger partial charge < -0.3 is 5.11 Å². The van der Waals surface area contributed by atoms with Crippen LogP contribution in [-0.2, 0) is 19.4 Å². The summed E-state index contributed by atoms with van der Waals surface area (Å²) in [5.74, 6) is 0.980. The van der Waals surface area contributed by atoms with Crippen LogP contribution in [0.3, 0.4) is 0 Å². The first-order chi connectivity index (χ1) is 12.6. The largest absolute Gasteiger partial charge is 0.478 e. The van der Waals surface area contributed by atoms with Crippen molar-refractivity contribution in [2.75, 3.05) is 0 Å². The van der Waals surface area contributed by atoms with Crippen molar-refractivity contribution in [2.45, 2.75) is 39.7 Å². The van der Waals surface area contributed by atoms with Gasteiger partial charge in [-0.05, 0) is 29.2 Å². The second-order valence-electron chi connectivity index (χ2n) is 6.25. The van der Waals surface area contributed by atoms with Gasteiger partial charge in [-0.2, -0.15) is 5.10 Å². The number of carboxylic acid groups (broad SMARTS) is 1. The van der Waals surface area contributed by atoms with E-state index in [4.69, 9.17) is 0 Å². The molecular formula is C21H23N3O2. The maximum atomic E-state index is 11.4. The Morgan fingerprint density at radius 2 is 1.81 bits per heavy atom. The molecule has 134 valence electrons. The predicted octanol–water partition coefficient (Wildman–Crippen LogP) is 4.21. The van der Waals surface area contributed by atoms with Gasteiger partial charge in [-0.15, -0.1) is 0 Å². The lowest BCUT2D eigenvalue weighted by Gasteiger charge is -2.08. The van der Waals surface area contributed by atoms with Gasteiger partial charge in [-0.1, -0.05) is 56.3 Å². The summed E-state index contributed by atoms with van der Waals surface area (Å²) in [5, 5.41) is 14.0. The molecule has 5 heteroatoms. The highest BCUT2D eigenvalue weighted by Crippen LogP contribution is 2.24. The molecule has 0 saturated heterocycles. The van der Waals surface area contributed by atoms with E-state index in [1.54, 1.807) is 12.1 Å². The van der Waals surface area contributed by atoms with Crippen molar-refractivity contribution < 1.29 is 9.90 Å². The van der Waals surface area contributed by atoms with Gasteiger partial charge in [0.25, 0.3) is 0 Å². The van der Waals surface area contributed by atoms with E-state index >= 15 is 0 Å². The molecule has 0 radical (unpaired) electrons. The minimum Gasteiger partial charge on any atom is -0.478 e. The average molecular weight is 349 g/mol. The maximum absolute atomic E-state index is 11.4. The Bertz CT molecular complexity index is 898. The summed E-state index contributed by atoms with van der Waals surface area (Å²) in [7, 11) is 0. The van der Waals surface area contributed by atoms with Gasteiger partial charge in [0.2, 0.25) is 0 Å². The highest BCUT2D eigenvalue weighted by atomic mass is 16.4. The van der Waals surface area contributed by atoms with Crippen molar-refractivity contribution in [1.29, 1.82) is 0 Å². The second-order valence-corrected chi connectivity index (χ2v) is 6.25. The smallest absolute Gasteiger partial charge is 0.336 e. The molecule has 1 heterocycles. The Morgan fingerprint density at radius 3 is 2.46 bits per heavy atom. The van der Waals surface area contributed by atoms with E-state index in [1.807, 2.05) is 41.1 Å². The van der Waals surface area contributed by atoms with E-state index in [2.05, 4.69) is 23.9 Å². The lowest BCUT2D eigenvalue weighted by molar-refractivity contribution is 0.0697. The first-order valence-electron chi connectivity index (χ1n) is 8.96. The number of aromatic carboxylic acids is 1. The van der Waals surface area contributed by atoms with Crippen LogP contribution in [0.4, 0.5) is 0 Å². The molecule has 2 aromatic carbocycles. The van der Waals surface area contributed by atoms with E-state index in [0.717, 1.165) is 47.6 Å². The van der Waals surface area contributed by atoms with Gasteiger partial charge in [0.05, 0.1) is 12.1 Å². The van der Waals surface area contributed by atoms with Crippen LogP contribution in [0, 0.1) is 0 Å². The first kappa shape index (κ1) is 17.9. The van der Waals surface area contributed by atoms with Crippen LogP contribution in [0.5, 0.6) is 0 Å². The summed E-state index contributed by atoms with van der Waals surface area (Å²) in [4.78, 5) is 16.0. The molecule has 0 saturated carbocycles. The monoisotopic (exact) mass is 349 g/mol. The molecule has 0 atom stereocenters. The molecule has 0 aliphatic heterocycles. The molecule has 0 unspecified atom stereocenters. The SMILES string of the molecule is CCCc1nc(CC)n(Cc2ccc(-c3ccccc3C(=O)O)cc2)n1. The van der Waals surface area contributed by atoms with Gasteiger partial charge in [0.1, 0.15) is 5.82 Å². The van der Waals surface area contributed by atoms with E-state index in [-0.39, 0.29) is 0 Å². The summed E-state index contributed by atoms with van der Waals surface area (Å²) in [6.45, 7) is 4.88. The summed E-state index contributed by atoms with van der Waals surface area (Å²) in [6, 6.07) is 15.0. The zero-order chi connectivity index (χ0) is 18.5. The van der Waals surface area contributed by atoms with Gasteiger partial charge >= 0.3 is 5.97 Å². The zero-order valence-electron chi connectivity index (χ0n) is 15.1. The number of rotatable bonds is 7. The Kier molecular flexibility index (Phi) is 5.46. The lowest BCUT2D eigenvalue weighted by atomic mass is 9.99. The zero-order valence-corrected chi connectivity index (χ0v) is 15.1. The molecule has 5 nitrogen and oxygen atoms in total. The molecule has 0 fully saturated rings. The third-order valence-electron chi connectivity index (χ3n) is 4.34. The highest BCUT2D eigenvalue weighted by molar-refractivity contribution is 5.95. The van der Waals surface area contributed by atoms with Crippen LogP contribution in [0.15, 0.2) is 48.5 Å². The Morgan fingerprint density at radius 1 is 1.08 bits per heavy atom. The number of hydrogen-bond acceptors (Lipinski definition) is 3. The lowest BCUT2D eigenvalue weighted by Crippen LogP contribution is -2.06. The van der Waals surface area contributed by atoms with Crippen LogP contribution in [-0.4, -0.2) is 25.8 Å². The normalized spacial score (nSPS) is 10.8. The molecule has 0 aliphatic carbocycles. The molecule has 26 heavy (non-hydrogen) atoms. The Labute approximate surface area is 153 Å². The fourth-order valence-electron chi connectivity index (χ4n) is 3.03. The number of carbonyl (C=O) groups is 1. The van der Waals surface area contributed by atoms with Gasteiger partial charge in [-0.3, -0.25) is 0 Å². The highest BCUT2D eigenvalue weighted by Gasteiger charge is 2.12. The third kappa shape index (κ3) is 3.82. The fourth-order valence-corrected chi connectivity index (χ4v) is 3.03. The fraction of sp³-hybridized carbons (Fsp3) is 0.286. The molecule has 1 aromatic heterocycles. The van der Waals surface area contributed by atoms with E-state index in [1.165, 1.54) is 0 Å². The summed E-state index contributed by atoms with van der Waals surface area (Å²) >= 11 is 0. The Hall–Kier alpha value is -2.95. The quantitative estimate of drug-likeness (QED) is 0.694. The summed E-state index contributed by atoms with van der Waals surface area (Å²) in [5.41, 5.74) is 3.05. The minimum atomic E-state index is -0.914. The van der Waals surface area contributed by atoms with Crippen molar-refractivity contribution in [1.82, 2.24) is 14.8 Å². The second kappa shape index (κ2) is 7.95. The first-order valence-corrected chi connectivity index (χ1v) is 8.96. The number of nitrogens with zero attached hydrogens (tertiary/aromatic N) is 3. The van der Waals surface area contributed by atoms with Crippen LogP contribution in [0.25, 0.3) is 11.1 Å². The number of benzene rings is 2. The predicted molar refractivity (Wildman–Crippen MR) is 101 cm³/mol. The average Bonchev–Trinajstić information content (AvgIpc) is 3.04. The molecule has 0 aliphatic rings. The van der Waals surface area contributed by atoms with Gasteiger partial charge in [0.15, 0.2) is 5.82 Å². The van der Waals surface area contributed by atoms with E-state index in [9.17, 15) is 9.90 Å². The van der Waals surface area contributed by atoms with Crippen LogP contribution >= 0.6 is 0 Å². The van der Waals surface area contributed by atoms with Crippen molar-refractivity contribution in [3.63, 3.8) is 0 Å². The van der Waals surface area contributed by atoms with Crippen molar-refractivity contribution in [3.8, 4) is 11.1 Å². The van der Waals surface area contributed by atoms with E-state index in [0.29, 0.717) is 12.1 Å². The number of carboxylic acids is 1. The van der Waals surface area contributed by atoms with Crippen LogP contribution < -0.4 is 0 Å². The van der Waals surface area contributed by atoms with Gasteiger partial charge in [-0.25, -0.2) is 14.5 Å². The molecule has 0 bridgehead atoms. The molecule has 0 spiro atoms. The Balaban J connectivity index is 1.84. The van der Waals surface area contributed by atoms with Crippen molar-refractivity contribution in [2.24, 2.45) is 0 Å². The standard InChI is InChI=1S/C21H23N3O2/c1-3-7-19-22-20(4-2)24(23-19)14-15-10-12-16(13-11-15)17-8-5-6-9-18(17)21(25)26/h5-6,8-13H,3-4,7,14H2,1-2H3,(H,25,26). The minimum absolute atomic E-state index is 0.314. The molecular weight excluding hydrogens is 326 g/mol. The van der Waals surface area contributed by atoms with Gasteiger partial charge in [0, 0.05) is 12.8 Å². The number of aromatic nitrogens is 3. The van der Waals surface area contributed by atoms with Crippen molar-refractivity contribution in [3.05, 3.63) is 71.3 Å². The van der Waals surface area contributed by atoms with E-state index < -0.39 is 5.97 Å². The number of hydrogen-bond donors (Lipinski definition) is 1. The molecule has 3 aromatic rings. The molecule has 1 N–H and O–H groups in total. The van der Waals surface area contributed by atoms with Crippen LogP contribution in [0.2, 0.25) is 0 Å². The van der Waals surface area contributed by atoms with Crippen LogP contribution in [0.1, 0.15) is 47.8 Å². The van der Waals surface area contributed by atoms with Crippen molar-refractivity contribution >= 4 is 5.97 Å². The maximum Gasteiger partial charge on any atom is 0.336 e. The molecule has 3 rings (SSSR count).